The van der Waals surface area contributed by atoms with Crippen LogP contribution >= 0.6 is 0 Å². The van der Waals surface area contributed by atoms with Crippen LogP contribution in [0, 0.1) is 0 Å². The third kappa shape index (κ3) is 4.00. The quantitative estimate of drug-likeness (QED) is 0.402. The monoisotopic (exact) mass is 406 g/mol. The van der Waals surface area contributed by atoms with Crippen molar-refractivity contribution in [2.45, 2.75) is 0 Å². The molecule has 5 aromatic rings. The molecule has 150 valence electrons. The minimum Gasteiger partial charge on any atom is -0.457 e. The van der Waals surface area contributed by atoms with Crippen molar-refractivity contribution < 1.29 is 4.74 Å². The van der Waals surface area contributed by atoms with E-state index in [1.165, 1.54) is 0 Å². The largest absolute Gasteiger partial charge is 0.457 e. The molecule has 31 heavy (non-hydrogen) atoms. The van der Waals surface area contributed by atoms with Crippen LogP contribution in [0.5, 0.6) is 11.5 Å². The summed E-state index contributed by atoms with van der Waals surface area (Å²) in [4.78, 5) is 24.5. The summed E-state index contributed by atoms with van der Waals surface area (Å²) in [5.41, 5.74) is 2.65. The Morgan fingerprint density at radius 3 is 2.19 bits per heavy atom. The Balaban J connectivity index is 1.42. The fourth-order valence-corrected chi connectivity index (χ4v) is 3.35. The molecule has 0 bridgehead atoms. The topological polar surface area (TPSA) is 79.9 Å². The van der Waals surface area contributed by atoms with E-state index in [1.54, 1.807) is 6.20 Å². The van der Waals surface area contributed by atoms with Gasteiger partial charge >= 0.3 is 0 Å². The molecular weight excluding hydrogens is 388 g/mol. The molecule has 6 nitrogen and oxygen atoms in total. The second-order valence-electron chi connectivity index (χ2n) is 6.90. The number of hydrogen-bond donors (Lipinski definition) is 2. The highest BCUT2D eigenvalue weighted by molar-refractivity contribution is 5.92. The van der Waals surface area contributed by atoms with E-state index < -0.39 is 0 Å². The molecule has 3 aromatic carbocycles. The van der Waals surface area contributed by atoms with Gasteiger partial charge in [0.1, 0.15) is 11.5 Å². The van der Waals surface area contributed by atoms with Crippen molar-refractivity contribution >= 4 is 22.7 Å². The number of anilines is 2. The SMILES string of the molecule is O=c1[nH]c(Nc2ccc(Oc3ccccc3)cc2)nc2nccc(-c3ccccc3)c12. The lowest BCUT2D eigenvalue weighted by Crippen LogP contribution is -2.13. The maximum absolute atomic E-state index is 12.8. The van der Waals surface area contributed by atoms with Gasteiger partial charge in [0.15, 0.2) is 5.65 Å². The standard InChI is InChI=1S/C25H18N4O2/c30-24-22-21(17-7-3-1-4-8-17)15-16-26-23(22)28-25(29-24)27-18-11-13-20(14-12-18)31-19-9-5-2-6-10-19/h1-16H,(H2,26,27,28,29,30). The summed E-state index contributed by atoms with van der Waals surface area (Å²) in [5.74, 6) is 1.81. The molecule has 0 fully saturated rings. The van der Waals surface area contributed by atoms with Crippen LogP contribution in [-0.2, 0) is 0 Å². The van der Waals surface area contributed by atoms with Crippen molar-refractivity contribution in [3.05, 3.63) is 108 Å². The second-order valence-corrected chi connectivity index (χ2v) is 6.90. The maximum Gasteiger partial charge on any atom is 0.262 e. The van der Waals surface area contributed by atoms with Crippen LogP contribution in [0.15, 0.2) is 102 Å². The molecular formula is C25H18N4O2. The number of fused-ring (bicyclic) bond motifs is 1. The van der Waals surface area contributed by atoms with Gasteiger partial charge in [0.05, 0.1) is 5.39 Å². The Morgan fingerprint density at radius 2 is 1.45 bits per heavy atom. The van der Waals surface area contributed by atoms with Gasteiger partial charge in [0.2, 0.25) is 5.95 Å². The number of benzene rings is 3. The molecule has 0 spiro atoms. The first-order valence-corrected chi connectivity index (χ1v) is 9.81. The Labute approximate surface area is 178 Å². The maximum atomic E-state index is 12.8. The fourth-order valence-electron chi connectivity index (χ4n) is 3.35. The molecule has 2 heterocycles. The summed E-state index contributed by atoms with van der Waals surface area (Å²) in [5, 5.41) is 3.59. The van der Waals surface area contributed by atoms with Crippen molar-refractivity contribution in [3.8, 4) is 22.6 Å². The summed E-state index contributed by atoms with van der Waals surface area (Å²) in [6.07, 6.45) is 1.66. The normalized spacial score (nSPS) is 10.7. The molecule has 0 atom stereocenters. The van der Waals surface area contributed by atoms with E-state index in [9.17, 15) is 4.79 Å². The van der Waals surface area contributed by atoms with Gasteiger partial charge in [-0.1, -0.05) is 48.5 Å². The van der Waals surface area contributed by atoms with Crippen molar-refractivity contribution in [1.82, 2.24) is 15.0 Å². The van der Waals surface area contributed by atoms with Crippen LogP contribution in [0.1, 0.15) is 0 Å². The van der Waals surface area contributed by atoms with E-state index in [-0.39, 0.29) is 5.56 Å². The van der Waals surface area contributed by atoms with Gasteiger partial charge in [-0.3, -0.25) is 9.78 Å². The lowest BCUT2D eigenvalue weighted by atomic mass is 10.0. The van der Waals surface area contributed by atoms with Crippen LogP contribution in [0.2, 0.25) is 0 Å². The predicted octanol–water partition coefficient (Wildman–Crippen LogP) is 5.52. The number of nitrogens with one attached hydrogen (secondary N) is 2. The molecule has 5 rings (SSSR count). The summed E-state index contributed by atoms with van der Waals surface area (Å²) in [7, 11) is 0. The van der Waals surface area contributed by atoms with Gasteiger partial charge in [-0.15, -0.1) is 0 Å². The third-order valence-electron chi connectivity index (χ3n) is 4.79. The molecule has 2 N–H and O–H groups in total. The molecule has 0 amide bonds. The molecule has 0 saturated heterocycles. The highest BCUT2D eigenvalue weighted by Crippen LogP contribution is 2.26. The molecule has 2 aromatic heterocycles. The number of hydrogen-bond acceptors (Lipinski definition) is 5. The van der Waals surface area contributed by atoms with Crippen molar-refractivity contribution in [2.24, 2.45) is 0 Å². The van der Waals surface area contributed by atoms with E-state index in [1.807, 2.05) is 91.0 Å². The second kappa shape index (κ2) is 8.12. The molecule has 0 radical (unpaired) electrons. The molecule has 0 unspecified atom stereocenters. The Hall–Kier alpha value is -4.45. The zero-order valence-corrected chi connectivity index (χ0v) is 16.4. The number of ether oxygens (including phenoxy) is 1. The zero-order chi connectivity index (χ0) is 21.0. The first kappa shape index (κ1) is 18.6. The number of rotatable bonds is 5. The smallest absolute Gasteiger partial charge is 0.262 e. The summed E-state index contributed by atoms with van der Waals surface area (Å²) < 4.78 is 5.80. The van der Waals surface area contributed by atoms with Gasteiger partial charge in [-0.05, 0) is 53.6 Å². The number of aromatic amines is 1. The van der Waals surface area contributed by atoms with Crippen LogP contribution in [0.4, 0.5) is 11.6 Å². The summed E-state index contributed by atoms with van der Waals surface area (Å²) in [6, 6.07) is 28.5. The number of H-pyrrole nitrogens is 1. The number of aromatic nitrogens is 3. The van der Waals surface area contributed by atoms with Crippen LogP contribution in [0.3, 0.4) is 0 Å². The van der Waals surface area contributed by atoms with E-state index in [0.717, 1.165) is 22.6 Å². The van der Waals surface area contributed by atoms with E-state index in [2.05, 4.69) is 20.3 Å². The van der Waals surface area contributed by atoms with Gasteiger partial charge < -0.3 is 10.1 Å². The molecule has 0 aliphatic rings. The van der Waals surface area contributed by atoms with Gasteiger partial charge in [0, 0.05) is 11.9 Å². The first-order chi connectivity index (χ1) is 15.3. The molecule has 6 heteroatoms. The highest BCUT2D eigenvalue weighted by Gasteiger charge is 2.11. The number of nitrogens with zero attached hydrogens (tertiary/aromatic N) is 2. The molecule has 0 aliphatic carbocycles. The van der Waals surface area contributed by atoms with E-state index in [0.29, 0.717) is 22.7 Å². The van der Waals surface area contributed by atoms with Gasteiger partial charge in [0.25, 0.3) is 5.56 Å². The Bertz CT molecular complexity index is 1380. The number of pyridine rings is 1. The van der Waals surface area contributed by atoms with E-state index >= 15 is 0 Å². The van der Waals surface area contributed by atoms with Gasteiger partial charge in [-0.25, -0.2) is 4.98 Å². The van der Waals surface area contributed by atoms with Crippen molar-refractivity contribution in [1.29, 1.82) is 0 Å². The van der Waals surface area contributed by atoms with Crippen molar-refractivity contribution in [2.75, 3.05) is 5.32 Å². The van der Waals surface area contributed by atoms with Gasteiger partial charge in [-0.2, -0.15) is 4.98 Å². The minimum absolute atomic E-state index is 0.247. The lowest BCUT2D eigenvalue weighted by molar-refractivity contribution is 0.483. The average molecular weight is 406 g/mol. The highest BCUT2D eigenvalue weighted by atomic mass is 16.5. The molecule has 0 saturated carbocycles. The first-order valence-electron chi connectivity index (χ1n) is 9.81. The fraction of sp³-hybridized carbons (Fsp3) is 0. The molecule has 0 aliphatic heterocycles. The van der Waals surface area contributed by atoms with E-state index in [4.69, 9.17) is 4.74 Å². The zero-order valence-electron chi connectivity index (χ0n) is 16.4. The third-order valence-corrected chi connectivity index (χ3v) is 4.79. The Kier molecular flexibility index (Phi) is 4.86. The van der Waals surface area contributed by atoms with Crippen LogP contribution in [-0.4, -0.2) is 15.0 Å². The lowest BCUT2D eigenvalue weighted by Gasteiger charge is -2.10. The summed E-state index contributed by atoms with van der Waals surface area (Å²) in [6.45, 7) is 0. The average Bonchev–Trinajstić information content (AvgIpc) is 2.81. The van der Waals surface area contributed by atoms with Crippen LogP contribution < -0.4 is 15.6 Å². The number of para-hydroxylation sites is 1. The summed E-state index contributed by atoms with van der Waals surface area (Å²) >= 11 is 0. The Morgan fingerprint density at radius 1 is 0.774 bits per heavy atom. The predicted molar refractivity (Wildman–Crippen MR) is 122 cm³/mol. The van der Waals surface area contributed by atoms with Crippen molar-refractivity contribution in [3.63, 3.8) is 0 Å². The minimum atomic E-state index is -0.247. The van der Waals surface area contributed by atoms with Crippen LogP contribution in [0.25, 0.3) is 22.2 Å².